The summed E-state index contributed by atoms with van der Waals surface area (Å²) in [6.45, 7) is 3.54. The van der Waals surface area contributed by atoms with Gasteiger partial charge in [0.25, 0.3) is 5.56 Å². The van der Waals surface area contributed by atoms with E-state index in [0.29, 0.717) is 33.7 Å². The van der Waals surface area contributed by atoms with Gasteiger partial charge in [0.05, 0.1) is 16.6 Å². The molecule has 4 aromatic rings. The summed E-state index contributed by atoms with van der Waals surface area (Å²) in [7, 11) is 0. The Balaban J connectivity index is 1.60. The van der Waals surface area contributed by atoms with Gasteiger partial charge in [0.15, 0.2) is 11.6 Å². The van der Waals surface area contributed by atoms with Gasteiger partial charge in [0.1, 0.15) is 5.82 Å². The molecule has 0 spiro atoms. The maximum absolute atomic E-state index is 13.3. The number of halogens is 2. The quantitative estimate of drug-likeness (QED) is 0.494. The van der Waals surface area contributed by atoms with Crippen LogP contribution in [0.25, 0.3) is 16.6 Å². The third-order valence-corrected chi connectivity index (χ3v) is 4.84. The first-order chi connectivity index (χ1) is 14.8. The zero-order valence-electron chi connectivity index (χ0n) is 16.7. The number of hydrogen-bond acceptors (Lipinski definition) is 3. The van der Waals surface area contributed by atoms with Crippen LogP contribution in [0, 0.1) is 25.5 Å². The van der Waals surface area contributed by atoms with Crippen molar-refractivity contribution in [3.05, 3.63) is 94.0 Å². The van der Waals surface area contributed by atoms with E-state index >= 15 is 0 Å². The van der Waals surface area contributed by atoms with E-state index in [1.807, 2.05) is 6.07 Å². The second-order valence-electron chi connectivity index (χ2n) is 7.02. The van der Waals surface area contributed by atoms with Gasteiger partial charge in [-0.05, 0) is 61.9 Å². The molecule has 8 heteroatoms. The first-order valence-corrected chi connectivity index (χ1v) is 9.46. The molecule has 6 nitrogen and oxygen atoms in total. The summed E-state index contributed by atoms with van der Waals surface area (Å²) < 4.78 is 27.8. The third kappa shape index (κ3) is 4.00. The minimum absolute atomic E-state index is 0.120. The molecule has 4 rings (SSSR count). The smallest absolute Gasteiger partial charge is 0.308 e. The van der Waals surface area contributed by atoms with Crippen LogP contribution in [0.4, 0.5) is 25.0 Å². The molecule has 156 valence electrons. The fraction of sp³-hybridized carbons (Fsp3) is 0.0870. The summed E-state index contributed by atoms with van der Waals surface area (Å²) in [5, 5.41) is 5.62. The number of aryl methyl sites for hydroxylation is 2. The Morgan fingerprint density at radius 3 is 2.45 bits per heavy atom. The molecule has 0 fully saturated rings. The maximum atomic E-state index is 13.3. The van der Waals surface area contributed by atoms with Gasteiger partial charge in [0, 0.05) is 17.4 Å². The number of carbonyl (C=O) groups excluding carboxylic acids is 1. The molecule has 0 atom stereocenters. The second-order valence-corrected chi connectivity index (χ2v) is 7.02. The number of rotatable bonds is 3. The van der Waals surface area contributed by atoms with E-state index in [1.165, 1.54) is 10.6 Å². The van der Waals surface area contributed by atoms with E-state index in [2.05, 4.69) is 15.6 Å². The molecule has 0 unspecified atom stereocenters. The van der Waals surface area contributed by atoms with E-state index in [4.69, 9.17) is 0 Å². The van der Waals surface area contributed by atoms with Crippen LogP contribution >= 0.6 is 0 Å². The molecule has 3 aromatic carbocycles. The highest BCUT2D eigenvalue weighted by molar-refractivity contribution is 6.00. The standard InChI is InChI=1S/C23H18F2N4O2/c1-13-11-16(29-14(2)26-21-6-4-3-5-17(21)22(29)30)8-10-20(13)28-23(31)27-15-7-9-18(24)19(25)12-15/h3-12H,1-2H3,(H2,27,28,31). The SMILES string of the molecule is Cc1cc(-n2c(C)nc3ccccc3c2=O)ccc1NC(=O)Nc1ccc(F)c(F)c1. The van der Waals surface area contributed by atoms with Crippen molar-refractivity contribution in [2.24, 2.45) is 0 Å². The van der Waals surface area contributed by atoms with Crippen molar-refractivity contribution < 1.29 is 13.6 Å². The van der Waals surface area contributed by atoms with Gasteiger partial charge in [-0.25, -0.2) is 18.6 Å². The minimum atomic E-state index is -1.05. The Morgan fingerprint density at radius 1 is 0.935 bits per heavy atom. The van der Waals surface area contributed by atoms with Crippen molar-refractivity contribution >= 4 is 28.3 Å². The highest BCUT2D eigenvalue weighted by Gasteiger charge is 2.12. The number of amides is 2. The van der Waals surface area contributed by atoms with Gasteiger partial charge in [-0.3, -0.25) is 9.36 Å². The van der Waals surface area contributed by atoms with Crippen molar-refractivity contribution in [3.8, 4) is 5.69 Å². The van der Waals surface area contributed by atoms with Gasteiger partial charge in [0.2, 0.25) is 0 Å². The van der Waals surface area contributed by atoms with E-state index < -0.39 is 17.7 Å². The second kappa shape index (κ2) is 7.98. The summed E-state index contributed by atoms with van der Waals surface area (Å²) in [6, 6.07) is 14.7. The molecule has 2 N–H and O–H groups in total. The monoisotopic (exact) mass is 420 g/mol. The highest BCUT2D eigenvalue weighted by Crippen LogP contribution is 2.21. The lowest BCUT2D eigenvalue weighted by atomic mass is 10.1. The number of benzene rings is 3. The van der Waals surface area contributed by atoms with Crippen LogP contribution in [0.1, 0.15) is 11.4 Å². The molecule has 0 aliphatic rings. The van der Waals surface area contributed by atoms with Crippen molar-refractivity contribution in [2.75, 3.05) is 10.6 Å². The molecule has 0 aliphatic carbocycles. The predicted octanol–water partition coefficient (Wildman–Crippen LogP) is 4.92. The van der Waals surface area contributed by atoms with Crippen LogP contribution in [0.3, 0.4) is 0 Å². The number of carbonyl (C=O) groups is 1. The lowest BCUT2D eigenvalue weighted by Crippen LogP contribution is -2.23. The van der Waals surface area contributed by atoms with Crippen molar-refractivity contribution in [1.29, 1.82) is 0 Å². The molecular weight excluding hydrogens is 402 g/mol. The number of anilines is 2. The zero-order valence-corrected chi connectivity index (χ0v) is 16.7. The number of urea groups is 1. The van der Waals surface area contributed by atoms with E-state index in [1.54, 1.807) is 50.2 Å². The van der Waals surface area contributed by atoms with Crippen LogP contribution in [0.5, 0.6) is 0 Å². The number of nitrogens with one attached hydrogen (secondary N) is 2. The fourth-order valence-electron chi connectivity index (χ4n) is 3.33. The van der Waals surface area contributed by atoms with E-state index in [0.717, 1.165) is 12.1 Å². The molecule has 0 aliphatic heterocycles. The topological polar surface area (TPSA) is 76.0 Å². The maximum Gasteiger partial charge on any atom is 0.323 e. The average Bonchev–Trinajstić information content (AvgIpc) is 2.73. The van der Waals surface area contributed by atoms with Crippen LogP contribution in [-0.4, -0.2) is 15.6 Å². The van der Waals surface area contributed by atoms with Crippen molar-refractivity contribution in [2.45, 2.75) is 13.8 Å². The third-order valence-electron chi connectivity index (χ3n) is 4.84. The van der Waals surface area contributed by atoms with Crippen LogP contribution in [0.15, 0.2) is 65.5 Å². The first-order valence-electron chi connectivity index (χ1n) is 9.46. The van der Waals surface area contributed by atoms with Gasteiger partial charge >= 0.3 is 6.03 Å². The number of aromatic nitrogens is 2. The average molecular weight is 420 g/mol. The number of hydrogen-bond donors (Lipinski definition) is 2. The van der Waals surface area contributed by atoms with Gasteiger partial charge < -0.3 is 10.6 Å². The van der Waals surface area contributed by atoms with Crippen LogP contribution in [-0.2, 0) is 0 Å². The number of para-hydroxylation sites is 1. The molecule has 1 heterocycles. The Kier molecular flexibility index (Phi) is 5.21. The van der Waals surface area contributed by atoms with Crippen LogP contribution in [0.2, 0.25) is 0 Å². The van der Waals surface area contributed by atoms with Crippen molar-refractivity contribution in [3.63, 3.8) is 0 Å². The molecule has 0 saturated carbocycles. The molecular formula is C23H18F2N4O2. The van der Waals surface area contributed by atoms with Gasteiger partial charge in [-0.1, -0.05) is 12.1 Å². The zero-order chi connectivity index (χ0) is 22.1. The van der Waals surface area contributed by atoms with Crippen LogP contribution < -0.4 is 16.2 Å². The van der Waals surface area contributed by atoms with Gasteiger partial charge in [-0.2, -0.15) is 0 Å². The highest BCUT2D eigenvalue weighted by atomic mass is 19.2. The molecule has 0 radical (unpaired) electrons. The minimum Gasteiger partial charge on any atom is -0.308 e. The molecule has 31 heavy (non-hydrogen) atoms. The van der Waals surface area contributed by atoms with Crippen molar-refractivity contribution in [1.82, 2.24) is 9.55 Å². The summed E-state index contributed by atoms with van der Waals surface area (Å²) in [4.78, 5) is 29.7. The number of nitrogens with zero attached hydrogens (tertiary/aromatic N) is 2. The van der Waals surface area contributed by atoms with E-state index in [9.17, 15) is 18.4 Å². The summed E-state index contributed by atoms with van der Waals surface area (Å²) in [6.07, 6.45) is 0. The summed E-state index contributed by atoms with van der Waals surface area (Å²) >= 11 is 0. The van der Waals surface area contributed by atoms with E-state index in [-0.39, 0.29) is 11.2 Å². The summed E-state index contributed by atoms with van der Waals surface area (Å²) in [5.74, 6) is -1.51. The van der Waals surface area contributed by atoms with Gasteiger partial charge in [-0.15, -0.1) is 0 Å². The number of fused-ring (bicyclic) bond motifs is 1. The normalized spacial score (nSPS) is 10.8. The lowest BCUT2D eigenvalue weighted by molar-refractivity contribution is 0.262. The Morgan fingerprint density at radius 2 is 1.71 bits per heavy atom. The molecule has 1 aromatic heterocycles. The molecule has 0 saturated heterocycles. The molecule has 0 bridgehead atoms. The first kappa shape index (κ1) is 20.2. The Hall–Kier alpha value is -4.07. The summed E-state index contributed by atoms with van der Waals surface area (Å²) in [5.41, 5.74) is 2.39. The largest absolute Gasteiger partial charge is 0.323 e. The lowest BCUT2D eigenvalue weighted by Gasteiger charge is -2.14. The Bertz CT molecular complexity index is 1380. The fourth-order valence-corrected chi connectivity index (χ4v) is 3.33. The molecule has 2 amide bonds. The Labute approximate surface area is 176 Å². The predicted molar refractivity (Wildman–Crippen MR) is 116 cm³/mol.